The molecule has 0 bridgehead atoms. The number of aryl methyl sites for hydroxylation is 1. The molecule has 1 N–H and O–H groups in total. The molecule has 20 heavy (non-hydrogen) atoms. The monoisotopic (exact) mass is 281 g/mol. The fraction of sp³-hybridized carbons (Fsp3) is 0.625. The standard InChI is InChI=1S/C16H27NO3/c1-14-4-6-16(7-5-14)15(2)17-8-9-19-12-13-20-11-10-18-3/h4-7,15,17H,8-13H2,1-3H3/t15-/m1/s1. The molecule has 0 aliphatic rings. The Morgan fingerprint density at radius 3 is 2.20 bits per heavy atom. The van der Waals surface area contributed by atoms with Crippen LogP contribution in [0.4, 0.5) is 0 Å². The lowest BCUT2D eigenvalue weighted by molar-refractivity contribution is 0.0253. The first-order chi connectivity index (χ1) is 9.74. The molecule has 0 saturated heterocycles. The molecule has 1 aromatic rings. The van der Waals surface area contributed by atoms with Crippen molar-refractivity contribution in [2.24, 2.45) is 0 Å². The summed E-state index contributed by atoms with van der Waals surface area (Å²) in [5.41, 5.74) is 2.59. The van der Waals surface area contributed by atoms with E-state index in [-0.39, 0.29) is 0 Å². The highest BCUT2D eigenvalue weighted by molar-refractivity contribution is 5.23. The Morgan fingerprint density at radius 2 is 1.55 bits per heavy atom. The lowest BCUT2D eigenvalue weighted by Crippen LogP contribution is -2.24. The highest BCUT2D eigenvalue weighted by Gasteiger charge is 2.03. The predicted molar refractivity (Wildman–Crippen MR) is 81.1 cm³/mol. The zero-order valence-electron chi connectivity index (χ0n) is 12.9. The van der Waals surface area contributed by atoms with Crippen LogP contribution in [0.25, 0.3) is 0 Å². The second kappa shape index (κ2) is 10.8. The summed E-state index contributed by atoms with van der Waals surface area (Å²) < 4.78 is 15.7. The molecular formula is C16H27NO3. The van der Waals surface area contributed by atoms with Gasteiger partial charge in [-0.3, -0.25) is 0 Å². The van der Waals surface area contributed by atoms with Crippen LogP contribution in [0.5, 0.6) is 0 Å². The van der Waals surface area contributed by atoms with Crippen LogP contribution in [-0.2, 0) is 14.2 Å². The van der Waals surface area contributed by atoms with Crippen LogP contribution in [0.1, 0.15) is 24.1 Å². The molecule has 0 amide bonds. The van der Waals surface area contributed by atoms with Crippen LogP contribution >= 0.6 is 0 Å². The van der Waals surface area contributed by atoms with Crippen molar-refractivity contribution < 1.29 is 14.2 Å². The summed E-state index contributed by atoms with van der Waals surface area (Å²) in [5, 5.41) is 3.44. The van der Waals surface area contributed by atoms with Gasteiger partial charge in [0.25, 0.3) is 0 Å². The molecule has 1 aromatic carbocycles. The van der Waals surface area contributed by atoms with Gasteiger partial charge in [-0.1, -0.05) is 29.8 Å². The van der Waals surface area contributed by atoms with Crippen molar-refractivity contribution in [1.29, 1.82) is 0 Å². The van der Waals surface area contributed by atoms with Crippen LogP contribution in [0.2, 0.25) is 0 Å². The van der Waals surface area contributed by atoms with Crippen LogP contribution in [-0.4, -0.2) is 46.7 Å². The average Bonchev–Trinajstić information content (AvgIpc) is 2.46. The van der Waals surface area contributed by atoms with E-state index in [2.05, 4.69) is 43.4 Å². The van der Waals surface area contributed by atoms with Crippen molar-refractivity contribution in [3.63, 3.8) is 0 Å². The maximum absolute atomic E-state index is 5.49. The molecule has 0 fully saturated rings. The van der Waals surface area contributed by atoms with E-state index in [1.165, 1.54) is 11.1 Å². The Bertz CT molecular complexity index is 340. The summed E-state index contributed by atoms with van der Waals surface area (Å²) in [6.45, 7) is 8.32. The molecule has 1 atom stereocenters. The van der Waals surface area contributed by atoms with E-state index in [0.29, 0.717) is 39.1 Å². The number of rotatable bonds is 11. The smallest absolute Gasteiger partial charge is 0.0701 e. The number of nitrogens with one attached hydrogen (secondary N) is 1. The van der Waals surface area contributed by atoms with Gasteiger partial charge in [-0.2, -0.15) is 0 Å². The third-order valence-electron chi connectivity index (χ3n) is 3.08. The molecule has 4 nitrogen and oxygen atoms in total. The minimum absolute atomic E-state index is 0.345. The van der Waals surface area contributed by atoms with Gasteiger partial charge in [0, 0.05) is 19.7 Å². The Balaban J connectivity index is 1.99. The van der Waals surface area contributed by atoms with E-state index in [0.717, 1.165) is 6.54 Å². The quantitative estimate of drug-likeness (QED) is 0.632. The minimum atomic E-state index is 0.345. The van der Waals surface area contributed by atoms with Gasteiger partial charge in [-0.25, -0.2) is 0 Å². The first-order valence-corrected chi connectivity index (χ1v) is 7.18. The van der Waals surface area contributed by atoms with Gasteiger partial charge in [0.05, 0.1) is 33.0 Å². The van der Waals surface area contributed by atoms with Gasteiger partial charge in [-0.15, -0.1) is 0 Å². The molecule has 0 unspecified atom stereocenters. The summed E-state index contributed by atoms with van der Waals surface area (Å²) in [6, 6.07) is 8.95. The van der Waals surface area contributed by atoms with Crippen LogP contribution < -0.4 is 5.32 Å². The lowest BCUT2D eigenvalue weighted by atomic mass is 10.1. The minimum Gasteiger partial charge on any atom is -0.382 e. The van der Waals surface area contributed by atoms with Gasteiger partial charge < -0.3 is 19.5 Å². The average molecular weight is 281 g/mol. The van der Waals surface area contributed by atoms with E-state index >= 15 is 0 Å². The number of benzene rings is 1. The Labute approximate surface area is 122 Å². The number of methoxy groups -OCH3 is 1. The Hall–Kier alpha value is -0.940. The third kappa shape index (κ3) is 7.60. The molecule has 114 valence electrons. The fourth-order valence-electron chi connectivity index (χ4n) is 1.78. The molecule has 0 heterocycles. The molecule has 0 radical (unpaired) electrons. The molecule has 0 spiro atoms. The number of hydrogen-bond acceptors (Lipinski definition) is 4. The second-order valence-electron chi connectivity index (χ2n) is 4.80. The van der Waals surface area contributed by atoms with E-state index in [1.807, 2.05) is 0 Å². The normalized spacial score (nSPS) is 12.6. The van der Waals surface area contributed by atoms with Crippen molar-refractivity contribution in [1.82, 2.24) is 5.32 Å². The van der Waals surface area contributed by atoms with E-state index in [1.54, 1.807) is 7.11 Å². The largest absolute Gasteiger partial charge is 0.382 e. The fourth-order valence-corrected chi connectivity index (χ4v) is 1.78. The highest BCUT2D eigenvalue weighted by atomic mass is 16.5. The molecular weight excluding hydrogens is 254 g/mol. The molecule has 1 rings (SSSR count). The summed E-state index contributed by atoms with van der Waals surface area (Å²) in [7, 11) is 1.67. The predicted octanol–water partition coefficient (Wildman–Crippen LogP) is 2.33. The van der Waals surface area contributed by atoms with Crippen molar-refractivity contribution in [3.05, 3.63) is 35.4 Å². The summed E-state index contributed by atoms with van der Waals surface area (Å²) in [4.78, 5) is 0. The molecule has 0 aromatic heterocycles. The molecule has 0 aliphatic carbocycles. The van der Waals surface area contributed by atoms with E-state index in [4.69, 9.17) is 14.2 Å². The SMILES string of the molecule is COCCOCCOCCN[C@H](C)c1ccc(C)cc1. The van der Waals surface area contributed by atoms with Crippen LogP contribution in [0, 0.1) is 6.92 Å². The Kier molecular flexibility index (Phi) is 9.24. The zero-order chi connectivity index (χ0) is 14.6. The summed E-state index contributed by atoms with van der Waals surface area (Å²) >= 11 is 0. The number of ether oxygens (including phenoxy) is 3. The van der Waals surface area contributed by atoms with Crippen molar-refractivity contribution >= 4 is 0 Å². The van der Waals surface area contributed by atoms with Crippen molar-refractivity contribution in [2.45, 2.75) is 19.9 Å². The first-order valence-electron chi connectivity index (χ1n) is 7.18. The van der Waals surface area contributed by atoms with Crippen molar-refractivity contribution in [2.75, 3.05) is 46.7 Å². The van der Waals surface area contributed by atoms with E-state index in [9.17, 15) is 0 Å². The van der Waals surface area contributed by atoms with E-state index < -0.39 is 0 Å². The second-order valence-corrected chi connectivity index (χ2v) is 4.80. The first kappa shape index (κ1) is 17.1. The highest BCUT2D eigenvalue weighted by Crippen LogP contribution is 2.12. The third-order valence-corrected chi connectivity index (χ3v) is 3.08. The molecule has 0 aliphatic heterocycles. The van der Waals surface area contributed by atoms with Gasteiger partial charge >= 0.3 is 0 Å². The van der Waals surface area contributed by atoms with Crippen LogP contribution in [0.3, 0.4) is 0 Å². The Morgan fingerprint density at radius 1 is 0.950 bits per heavy atom. The zero-order valence-corrected chi connectivity index (χ0v) is 12.9. The van der Waals surface area contributed by atoms with Gasteiger partial charge in [0.1, 0.15) is 0 Å². The van der Waals surface area contributed by atoms with Gasteiger partial charge in [0.15, 0.2) is 0 Å². The molecule has 4 heteroatoms. The van der Waals surface area contributed by atoms with Gasteiger partial charge in [-0.05, 0) is 19.4 Å². The summed E-state index contributed by atoms with van der Waals surface area (Å²) in [6.07, 6.45) is 0. The van der Waals surface area contributed by atoms with Crippen molar-refractivity contribution in [3.8, 4) is 0 Å². The maximum atomic E-state index is 5.49. The topological polar surface area (TPSA) is 39.7 Å². The van der Waals surface area contributed by atoms with Crippen LogP contribution in [0.15, 0.2) is 24.3 Å². The van der Waals surface area contributed by atoms with Gasteiger partial charge in [0.2, 0.25) is 0 Å². The molecule has 0 saturated carbocycles. The number of hydrogen-bond donors (Lipinski definition) is 1. The lowest BCUT2D eigenvalue weighted by Gasteiger charge is -2.14. The summed E-state index contributed by atoms with van der Waals surface area (Å²) in [5.74, 6) is 0. The maximum Gasteiger partial charge on any atom is 0.0701 e.